The molecule has 28 heavy (non-hydrogen) atoms. The molecular weight excluding hydrogens is 392 g/mol. The van der Waals surface area contributed by atoms with Crippen molar-refractivity contribution in [1.29, 1.82) is 0 Å². The number of aryl methyl sites for hydroxylation is 1. The number of thiophene rings is 1. The van der Waals surface area contributed by atoms with Crippen LogP contribution in [0.2, 0.25) is 0 Å². The molecule has 0 unspecified atom stereocenters. The molecule has 1 amide bonds. The van der Waals surface area contributed by atoms with E-state index < -0.39 is 0 Å². The third kappa shape index (κ3) is 4.00. The Kier molecular flexibility index (Phi) is 5.54. The lowest BCUT2D eigenvalue weighted by Crippen LogP contribution is -2.16. The summed E-state index contributed by atoms with van der Waals surface area (Å²) in [5, 5.41) is 18.6. The van der Waals surface area contributed by atoms with Gasteiger partial charge in [-0.2, -0.15) is 0 Å². The number of nitrogens with one attached hydrogen (secondary N) is 2. The summed E-state index contributed by atoms with van der Waals surface area (Å²) in [5.41, 5.74) is 2.21. The zero-order chi connectivity index (χ0) is 19.3. The van der Waals surface area contributed by atoms with Crippen LogP contribution in [0, 0.1) is 0 Å². The number of rotatable bonds is 7. The summed E-state index contributed by atoms with van der Waals surface area (Å²) in [7, 11) is 0. The quantitative estimate of drug-likeness (QED) is 0.474. The van der Waals surface area contributed by atoms with Crippen LogP contribution in [-0.4, -0.2) is 32.6 Å². The van der Waals surface area contributed by atoms with E-state index in [9.17, 15) is 4.79 Å². The molecule has 0 atom stereocenters. The fourth-order valence-electron chi connectivity index (χ4n) is 2.76. The molecule has 0 aliphatic heterocycles. The predicted molar refractivity (Wildman–Crippen MR) is 114 cm³/mol. The van der Waals surface area contributed by atoms with Gasteiger partial charge in [0.2, 0.25) is 11.0 Å². The lowest BCUT2D eigenvalue weighted by atomic mass is 10.1. The van der Waals surface area contributed by atoms with Gasteiger partial charge in [-0.15, -0.1) is 21.5 Å². The smallest absolute Gasteiger partial charge is 0.227 e. The molecule has 0 saturated carbocycles. The highest BCUT2D eigenvalue weighted by molar-refractivity contribution is 7.17. The summed E-state index contributed by atoms with van der Waals surface area (Å²) >= 11 is 2.98. The molecule has 7 nitrogen and oxygen atoms in total. The van der Waals surface area contributed by atoms with Gasteiger partial charge in [0.25, 0.3) is 0 Å². The van der Waals surface area contributed by atoms with Gasteiger partial charge in [0.15, 0.2) is 0 Å². The topological polar surface area (TPSA) is 92.7 Å². The third-order valence-electron chi connectivity index (χ3n) is 4.12. The number of fused-ring (bicyclic) bond motifs is 1. The van der Waals surface area contributed by atoms with E-state index in [1.807, 2.05) is 25.1 Å². The van der Waals surface area contributed by atoms with Crippen LogP contribution in [0.4, 0.5) is 10.9 Å². The van der Waals surface area contributed by atoms with Gasteiger partial charge in [-0.1, -0.05) is 48.6 Å². The maximum atomic E-state index is 12.2. The maximum Gasteiger partial charge on any atom is 0.227 e. The summed E-state index contributed by atoms with van der Waals surface area (Å²) < 4.78 is 0. The van der Waals surface area contributed by atoms with Gasteiger partial charge in [-0.3, -0.25) is 4.79 Å². The molecule has 0 spiro atoms. The van der Waals surface area contributed by atoms with Crippen molar-refractivity contribution in [2.24, 2.45) is 0 Å². The fraction of sp³-hybridized carbons (Fsp3) is 0.211. The first kappa shape index (κ1) is 18.5. The minimum atomic E-state index is -0.106. The molecule has 0 aliphatic rings. The van der Waals surface area contributed by atoms with Crippen LogP contribution in [0.25, 0.3) is 21.3 Å². The van der Waals surface area contributed by atoms with E-state index in [0.717, 1.165) is 38.6 Å². The van der Waals surface area contributed by atoms with Crippen LogP contribution < -0.4 is 10.6 Å². The predicted octanol–water partition coefficient (Wildman–Crippen LogP) is 4.21. The molecule has 0 bridgehead atoms. The minimum Gasteiger partial charge on any atom is -0.369 e. The van der Waals surface area contributed by atoms with Crippen molar-refractivity contribution < 1.29 is 4.79 Å². The Morgan fingerprint density at radius 3 is 2.79 bits per heavy atom. The summed E-state index contributed by atoms with van der Waals surface area (Å²) in [6.45, 7) is 2.47. The van der Waals surface area contributed by atoms with Crippen LogP contribution in [0.3, 0.4) is 0 Å². The number of hydrogen-bond acceptors (Lipinski definition) is 8. The number of aromatic nitrogens is 4. The van der Waals surface area contributed by atoms with E-state index in [4.69, 9.17) is 0 Å². The van der Waals surface area contributed by atoms with Crippen LogP contribution in [0.1, 0.15) is 18.4 Å². The first-order valence-corrected chi connectivity index (χ1v) is 10.6. The van der Waals surface area contributed by atoms with Crippen molar-refractivity contribution in [1.82, 2.24) is 20.2 Å². The van der Waals surface area contributed by atoms with Crippen LogP contribution in [-0.2, 0) is 11.2 Å². The Morgan fingerprint density at radius 2 is 2.00 bits per heavy atom. The summed E-state index contributed by atoms with van der Waals surface area (Å²) in [4.78, 5) is 21.8. The number of amides is 1. The Balaban J connectivity index is 1.45. The summed E-state index contributed by atoms with van der Waals surface area (Å²) in [5.74, 6) is 0.632. The van der Waals surface area contributed by atoms with Crippen LogP contribution >= 0.6 is 22.7 Å². The highest BCUT2D eigenvalue weighted by atomic mass is 32.1. The van der Waals surface area contributed by atoms with Crippen LogP contribution in [0.5, 0.6) is 0 Å². The maximum absolute atomic E-state index is 12.2. The van der Waals surface area contributed by atoms with Gasteiger partial charge in [-0.05, 0) is 12.0 Å². The molecule has 4 rings (SSSR count). The Bertz CT molecular complexity index is 1090. The normalized spacial score (nSPS) is 10.9. The zero-order valence-corrected chi connectivity index (χ0v) is 16.8. The number of carbonyl (C=O) groups is 1. The Labute approximate surface area is 169 Å². The zero-order valence-electron chi connectivity index (χ0n) is 15.2. The van der Waals surface area contributed by atoms with E-state index in [-0.39, 0.29) is 5.91 Å². The van der Waals surface area contributed by atoms with Gasteiger partial charge in [0.1, 0.15) is 22.0 Å². The highest BCUT2D eigenvalue weighted by Crippen LogP contribution is 2.36. The molecule has 0 fully saturated rings. The van der Waals surface area contributed by atoms with Crippen molar-refractivity contribution in [3.8, 4) is 11.1 Å². The molecule has 9 heteroatoms. The highest BCUT2D eigenvalue weighted by Gasteiger charge is 2.13. The molecule has 0 radical (unpaired) electrons. The second kappa shape index (κ2) is 8.41. The van der Waals surface area contributed by atoms with E-state index in [1.54, 1.807) is 17.7 Å². The largest absolute Gasteiger partial charge is 0.369 e. The first-order valence-electron chi connectivity index (χ1n) is 8.88. The molecule has 0 saturated heterocycles. The van der Waals surface area contributed by atoms with Crippen molar-refractivity contribution in [3.05, 3.63) is 47.0 Å². The molecular formula is C19H18N6OS2. The standard InChI is InChI=1S/C19H18N6OS2/c1-2-15-24-25-19(28-15)23-14(26)8-9-20-17-16-13(12-6-4-3-5-7-12)10-27-18(16)22-11-21-17/h3-7,10-11H,2,8-9H2,1H3,(H,20,21,22)(H,23,25,26). The molecule has 2 N–H and O–H groups in total. The van der Waals surface area contributed by atoms with Crippen molar-refractivity contribution in [2.75, 3.05) is 17.2 Å². The summed E-state index contributed by atoms with van der Waals surface area (Å²) in [6, 6.07) is 10.2. The van der Waals surface area contributed by atoms with Crippen molar-refractivity contribution in [2.45, 2.75) is 19.8 Å². The molecule has 0 aliphatic carbocycles. The van der Waals surface area contributed by atoms with Crippen molar-refractivity contribution in [3.63, 3.8) is 0 Å². The average molecular weight is 411 g/mol. The van der Waals surface area contributed by atoms with Gasteiger partial charge in [-0.25, -0.2) is 9.97 Å². The third-order valence-corrected chi connectivity index (χ3v) is 5.98. The van der Waals surface area contributed by atoms with Gasteiger partial charge < -0.3 is 10.6 Å². The molecule has 1 aromatic carbocycles. The molecule has 4 aromatic rings. The number of anilines is 2. The number of benzene rings is 1. The second-order valence-corrected chi connectivity index (χ2v) is 7.92. The average Bonchev–Trinajstić information content (AvgIpc) is 3.36. The molecule has 3 heterocycles. The van der Waals surface area contributed by atoms with Gasteiger partial charge >= 0.3 is 0 Å². The SMILES string of the molecule is CCc1nnc(NC(=O)CCNc2ncnc3scc(-c4ccccc4)c23)s1. The minimum absolute atomic E-state index is 0.106. The lowest BCUT2D eigenvalue weighted by Gasteiger charge is -2.08. The van der Waals surface area contributed by atoms with Crippen molar-refractivity contribution >= 4 is 49.7 Å². The van der Waals surface area contributed by atoms with Crippen LogP contribution in [0.15, 0.2) is 42.0 Å². The van der Waals surface area contributed by atoms with E-state index in [0.29, 0.717) is 18.1 Å². The Hall–Kier alpha value is -2.91. The summed E-state index contributed by atoms with van der Waals surface area (Å²) in [6.07, 6.45) is 2.66. The van der Waals surface area contributed by atoms with Gasteiger partial charge in [0.05, 0.1) is 5.39 Å². The molecule has 3 aromatic heterocycles. The number of hydrogen-bond donors (Lipinski definition) is 2. The Morgan fingerprint density at radius 1 is 1.14 bits per heavy atom. The number of nitrogens with zero attached hydrogens (tertiary/aromatic N) is 4. The second-order valence-electron chi connectivity index (χ2n) is 6.00. The number of carbonyl (C=O) groups excluding carboxylic acids is 1. The lowest BCUT2D eigenvalue weighted by molar-refractivity contribution is -0.115. The fourth-order valence-corrected chi connectivity index (χ4v) is 4.37. The van der Waals surface area contributed by atoms with Gasteiger partial charge in [0, 0.05) is 23.9 Å². The monoisotopic (exact) mass is 410 g/mol. The molecule has 142 valence electrons. The first-order chi connectivity index (χ1) is 13.7. The van der Waals surface area contributed by atoms with E-state index in [1.165, 1.54) is 11.3 Å². The van der Waals surface area contributed by atoms with E-state index >= 15 is 0 Å². The van der Waals surface area contributed by atoms with E-state index in [2.05, 4.69) is 48.3 Å².